The predicted molar refractivity (Wildman–Crippen MR) is 358 cm³/mol. The van der Waals surface area contributed by atoms with Crippen LogP contribution in [0.5, 0.6) is 0 Å². The zero-order valence-electron chi connectivity index (χ0n) is 53.7. The van der Waals surface area contributed by atoms with Crippen molar-refractivity contribution in [2.24, 2.45) is 39.5 Å². The molecule has 13 heteroatoms. The number of pyridine rings is 2. The highest BCUT2D eigenvalue weighted by Crippen LogP contribution is 2.19. The first-order valence-corrected chi connectivity index (χ1v) is 29.4. The summed E-state index contributed by atoms with van der Waals surface area (Å²) in [6, 6.07) is 35.9. The van der Waals surface area contributed by atoms with Crippen LogP contribution in [0.25, 0.3) is 54.0 Å². The van der Waals surface area contributed by atoms with Crippen LogP contribution in [0.15, 0.2) is 193 Å². The Bertz CT molecular complexity index is 2820. The van der Waals surface area contributed by atoms with Crippen molar-refractivity contribution >= 4 is 77.3 Å². The molecule has 9 heterocycles. The Labute approximate surface area is 502 Å². The molecule has 444 valence electrons. The first-order valence-electron chi connectivity index (χ1n) is 28.5. The van der Waals surface area contributed by atoms with E-state index in [1.807, 2.05) is 115 Å². The maximum Gasteiger partial charge on any atom is 0.170 e. The molecule has 0 saturated heterocycles. The van der Waals surface area contributed by atoms with Crippen LogP contribution in [-0.4, -0.2) is 56.1 Å². The van der Waals surface area contributed by atoms with Gasteiger partial charge in [-0.3, -0.25) is 15.0 Å². The minimum Gasteiger partial charge on any atom is -0.461 e. The molecule has 0 spiro atoms. The summed E-state index contributed by atoms with van der Waals surface area (Å²) in [5.41, 5.74) is 8.69. The molecule has 0 N–H and O–H groups in total. The number of aromatic nitrogens is 10. The molecular weight excluding hydrogens is 1040 g/mol. The molecule has 3 aromatic carbocycles. The molecule has 11 aromatic rings. The minimum absolute atomic E-state index is 0.500. The van der Waals surface area contributed by atoms with Crippen molar-refractivity contribution in [3.8, 4) is 0 Å². The highest BCUT2D eigenvalue weighted by molar-refractivity contribution is 7.17. The average Bonchev–Trinajstić information content (AvgIpc) is 4.27. The van der Waals surface area contributed by atoms with Crippen LogP contribution < -0.4 is 0 Å². The number of rotatable bonds is 0. The van der Waals surface area contributed by atoms with Gasteiger partial charge in [-0.2, -0.15) is 0 Å². The third kappa shape index (κ3) is 41.0. The molecule has 0 bridgehead atoms. The standard InChI is InChI=1S/2C9H7N.C8H6N2.C6H5N3.C6H4N2O.C6H4N2S.2C5H12.4C4H10/c2*1-2-6-9-8(4-1)5-3-7-10-9;1-2-4-8-7(3-1)5-9-6-10-8;1-2-8-6-3-7-4-9-5(1)6;2*1-2-9-6-3-7-4-8-5(1)6;2*1-5(2,3)4;4*1-4(2)3/h2*1-7H;1-6H;2-4H,1H2;2*1-4H;2*1-4H3;4*4H,1-3H3. The van der Waals surface area contributed by atoms with E-state index in [2.05, 4.69) is 218 Å². The summed E-state index contributed by atoms with van der Waals surface area (Å²) in [5.74, 6) is 3.33. The number of aliphatic imine (C=N–C) groups is 1. The average molecular weight is 1140 g/mol. The van der Waals surface area contributed by atoms with E-state index in [-0.39, 0.29) is 0 Å². The molecule has 83 heavy (non-hydrogen) atoms. The zero-order valence-corrected chi connectivity index (χ0v) is 54.5. The van der Waals surface area contributed by atoms with Crippen molar-refractivity contribution in [2.45, 2.75) is 145 Å². The van der Waals surface area contributed by atoms with Crippen LogP contribution in [0.2, 0.25) is 0 Å². The smallest absolute Gasteiger partial charge is 0.170 e. The predicted octanol–water partition coefficient (Wildman–Crippen LogP) is 20.5. The summed E-state index contributed by atoms with van der Waals surface area (Å²) < 4.78 is 6.14. The van der Waals surface area contributed by atoms with Crippen LogP contribution in [0.1, 0.15) is 144 Å². The van der Waals surface area contributed by atoms with Crippen molar-refractivity contribution in [2.75, 3.05) is 0 Å². The lowest BCUT2D eigenvalue weighted by molar-refractivity contribution is 0.469. The highest BCUT2D eigenvalue weighted by Gasteiger charge is 2.05. The SMILES string of the molecule is C1=Nc2cncnc2C1.CC(C)(C)C.CC(C)(C)C.CC(C)C.CC(C)C.CC(C)C.CC(C)C.c1ccc2ncccc2c1.c1ccc2ncccc2c1.c1ccc2ncncc2c1.c1ncc2occc2n1.c1ncc2sccc2n1. The molecule has 0 atom stereocenters. The molecule has 1 aliphatic heterocycles. The Balaban J connectivity index is 0.000000461. The number of hydrogen-bond acceptors (Lipinski definition) is 13. The number of hydrogen-bond donors (Lipinski definition) is 0. The fraction of sp³-hybridized carbons (Fsp3) is 0.386. The Kier molecular flexibility index (Phi) is 37.2. The first kappa shape index (κ1) is 73.2. The van der Waals surface area contributed by atoms with Crippen molar-refractivity contribution < 1.29 is 4.42 Å². The van der Waals surface area contributed by atoms with Gasteiger partial charge in [0.2, 0.25) is 0 Å². The number of para-hydroxylation sites is 3. The van der Waals surface area contributed by atoms with Crippen LogP contribution >= 0.6 is 11.3 Å². The van der Waals surface area contributed by atoms with Crippen LogP contribution in [0, 0.1) is 34.5 Å². The van der Waals surface area contributed by atoms with Gasteiger partial charge in [-0.1, -0.05) is 205 Å². The molecule has 0 amide bonds. The van der Waals surface area contributed by atoms with Gasteiger partial charge in [0.15, 0.2) is 5.58 Å². The van der Waals surface area contributed by atoms with E-state index < -0.39 is 0 Å². The van der Waals surface area contributed by atoms with Gasteiger partial charge in [0.25, 0.3) is 0 Å². The van der Waals surface area contributed by atoms with Gasteiger partial charge in [-0.05, 0) is 76.3 Å². The molecule has 0 fully saturated rings. The summed E-state index contributed by atoms with van der Waals surface area (Å²) in [7, 11) is 0. The maximum atomic E-state index is 4.99. The van der Waals surface area contributed by atoms with Crippen LogP contribution in [0.3, 0.4) is 0 Å². The summed E-state index contributed by atoms with van der Waals surface area (Å²) in [5, 5.41) is 5.50. The normalized spacial score (nSPS) is 10.5. The third-order valence-electron chi connectivity index (χ3n) is 7.98. The molecule has 0 saturated carbocycles. The molecular formula is C70H97N11OS. The summed E-state index contributed by atoms with van der Waals surface area (Å²) in [6.07, 6.45) is 21.1. The van der Waals surface area contributed by atoms with Gasteiger partial charge in [-0.25, -0.2) is 39.9 Å². The van der Waals surface area contributed by atoms with Crippen molar-refractivity contribution in [3.63, 3.8) is 0 Å². The largest absolute Gasteiger partial charge is 0.461 e. The number of fused-ring (bicyclic) bond motifs is 6. The Morgan fingerprint density at radius 2 is 0.783 bits per heavy atom. The second-order valence-corrected chi connectivity index (χ2v) is 25.6. The van der Waals surface area contributed by atoms with E-state index in [9.17, 15) is 0 Å². The van der Waals surface area contributed by atoms with Crippen LogP contribution in [0.4, 0.5) is 5.69 Å². The van der Waals surface area contributed by atoms with Gasteiger partial charge >= 0.3 is 0 Å². The summed E-state index contributed by atoms with van der Waals surface area (Å²) in [6.45, 7) is 43.5. The Morgan fingerprint density at radius 3 is 1.23 bits per heavy atom. The lowest BCUT2D eigenvalue weighted by atomic mass is 10.0. The van der Waals surface area contributed by atoms with E-state index in [0.29, 0.717) is 10.8 Å². The number of benzene rings is 3. The lowest BCUT2D eigenvalue weighted by Crippen LogP contribution is -1.93. The van der Waals surface area contributed by atoms with E-state index in [1.165, 1.54) is 17.1 Å². The van der Waals surface area contributed by atoms with E-state index in [4.69, 9.17) is 4.42 Å². The lowest BCUT2D eigenvalue weighted by Gasteiger charge is -2.05. The zero-order chi connectivity index (χ0) is 62.1. The fourth-order valence-corrected chi connectivity index (χ4v) is 5.93. The maximum absolute atomic E-state index is 4.99. The Morgan fingerprint density at radius 1 is 0.398 bits per heavy atom. The Hall–Kier alpha value is -7.77. The molecule has 0 aliphatic carbocycles. The minimum atomic E-state index is 0.500. The van der Waals surface area contributed by atoms with Crippen molar-refractivity contribution in [1.82, 2.24) is 49.8 Å². The van der Waals surface area contributed by atoms with Crippen molar-refractivity contribution in [3.05, 3.63) is 189 Å². The molecule has 12 rings (SSSR count). The van der Waals surface area contributed by atoms with Crippen molar-refractivity contribution in [1.29, 1.82) is 0 Å². The molecule has 12 nitrogen and oxygen atoms in total. The summed E-state index contributed by atoms with van der Waals surface area (Å²) in [4.78, 5) is 43.9. The van der Waals surface area contributed by atoms with E-state index in [0.717, 1.165) is 84.7 Å². The number of thiophene rings is 1. The third-order valence-corrected chi connectivity index (χ3v) is 8.82. The summed E-state index contributed by atoms with van der Waals surface area (Å²) >= 11 is 1.66. The van der Waals surface area contributed by atoms with Gasteiger partial charge in [-0.15, -0.1) is 11.3 Å². The fourth-order valence-electron chi connectivity index (χ4n) is 5.23. The van der Waals surface area contributed by atoms with Crippen LogP contribution in [-0.2, 0) is 6.42 Å². The molecule has 0 radical (unpaired) electrons. The topological polar surface area (TPSA) is 154 Å². The van der Waals surface area contributed by atoms with Gasteiger partial charge in [0.05, 0.1) is 51.1 Å². The van der Waals surface area contributed by atoms with Gasteiger partial charge in [0.1, 0.15) is 36.5 Å². The monoisotopic (exact) mass is 1140 g/mol. The van der Waals surface area contributed by atoms with E-state index in [1.54, 1.807) is 55.0 Å². The number of nitrogens with zero attached hydrogens (tertiary/aromatic N) is 11. The first-order chi connectivity index (χ1) is 39.2. The number of furan rings is 1. The second-order valence-electron chi connectivity index (χ2n) is 24.7. The quantitative estimate of drug-likeness (QED) is 0.142. The van der Waals surface area contributed by atoms with Gasteiger partial charge < -0.3 is 4.42 Å². The van der Waals surface area contributed by atoms with E-state index >= 15 is 0 Å². The molecule has 8 aromatic heterocycles. The molecule has 0 unspecified atom stereocenters. The van der Waals surface area contributed by atoms with Gasteiger partial charge in [0, 0.05) is 59.6 Å². The highest BCUT2D eigenvalue weighted by atomic mass is 32.1. The molecule has 1 aliphatic rings. The second kappa shape index (κ2) is 42.1.